The van der Waals surface area contributed by atoms with Crippen molar-refractivity contribution in [1.82, 2.24) is 14.8 Å². The molecule has 1 heterocycles. The van der Waals surface area contributed by atoms with Crippen LogP contribution in [-0.2, 0) is 4.79 Å². The van der Waals surface area contributed by atoms with Gasteiger partial charge in [0.25, 0.3) is 0 Å². The van der Waals surface area contributed by atoms with Crippen LogP contribution in [-0.4, -0.2) is 31.5 Å². The van der Waals surface area contributed by atoms with Crippen molar-refractivity contribution in [2.24, 2.45) is 0 Å². The fourth-order valence-corrected chi connectivity index (χ4v) is 3.94. The summed E-state index contributed by atoms with van der Waals surface area (Å²) < 4.78 is 1.84. The Kier molecular flexibility index (Phi) is 6.25. The molecule has 156 valence electrons. The molecule has 0 aliphatic carbocycles. The van der Waals surface area contributed by atoms with E-state index in [9.17, 15) is 9.90 Å². The summed E-state index contributed by atoms with van der Waals surface area (Å²) in [6.07, 6.45) is 0. The summed E-state index contributed by atoms with van der Waals surface area (Å²) in [4.78, 5) is 12.5. The van der Waals surface area contributed by atoms with E-state index in [0.29, 0.717) is 27.3 Å². The number of hydrogen-bond donors (Lipinski definition) is 2. The normalized spacial score (nSPS) is 10.8. The van der Waals surface area contributed by atoms with Gasteiger partial charge in [-0.25, -0.2) is 0 Å². The first-order valence-electron chi connectivity index (χ1n) is 9.51. The first-order valence-corrected chi connectivity index (χ1v) is 10.9. The number of rotatable bonds is 6. The average Bonchev–Trinajstić information content (AvgIpc) is 3.18. The van der Waals surface area contributed by atoms with Gasteiger partial charge in [-0.3, -0.25) is 9.36 Å². The molecule has 0 aliphatic heterocycles. The third-order valence-corrected chi connectivity index (χ3v) is 5.81. The van der Waals surface area contributed by atoms with E-state index in [1.165, 1.54) is 11.8 Å². The maximum Gasteiger partial charge on any atom is 0.234 e. The van der Waals surface area contributed by atoms with Gasteiger partial charge in [-0.2, -0.15) is 0 Å². The van der Waals surface area contributed by atoms with Crippen molar-refractivity contribution in [3.8, 4) is 22.8 Å². The van der Waals surface area contributed by atoms with Crippen molar-refractivity contribution in [2.75, 3.05) is 11.1 Å². The minimum Gasteiger partial charge on any atom is -0.507 e. The molecule has 0 aliphatic rings. The Bertz CT molecular complexity index is 1220. The lowest BCUT2D eigenvalue weighted by atomic mass is 10.1. The summed E-state index contributed by atoms with van der Waals surface area (Å²) in [6, 6.07) is 21.9. The van der Waals surface area contributed by atoms with Crippen LogP contribution in [0.25, 0.3) is 17.1 Å². The molecule has 2 N–H and O–H groups in total. The Labute approximate surface area is 188 Å². The third-order valence-electron chi connectivity index (χ3n) is 4.55. The van der Waals surface area contributed by atoms with E-state index in [1.807, 2.05) is 41.8 Å². The van der Waals surface area contributed by atoms with Gasteiger partial charge in [0.15, 0.2) is 11.0 Å². The highest BCUT2D eigenvalue weighted by Crippen LogP contribution is 2.32. The number of phenols is 1. The van der Waals surface area contributed by atoms with Gasteiger partial charge < -0.3 is 10.4 Å². The molecule has 3 aromatic carbocycles. The van der Waals surface area contributed by atoms with Crippen molar-refractivity contribution in [3.63, 3.8) is 0 Å². The number of phenolic OH excluding ortho intramolecular Hbond substituents is 1. The molecule has 31 heavy (non-hydrogen) atoms. The number of amides is 1. The van der Waals surface area contributed by atoms with E-state index in [1.54, 1.807) is 42.5 Å². The Hall–Kier alpha value is -3.29. The predicted octanol–water partition coefficient (Wildman–Crippen LogP) is 5.33. The highest BCUT2D eigenvalue weighted by atomic mass is 35.5. The summed E-state index contributed by atoms with van der Waals surface area (Å²) in [7, 11) is 0. The molecule has 1 amide bonds. The van der Waals surface area contributed by atoms with Crippen LogP contribution >= 0.6 is 23.4 Å². The molecule has 4 rings (SSSR count). The number of nitrogens with one attached hydrogen (secondary N) is 1. The second kappa shape index (κ2) is 9.24. The van der Waals surface area contributed by atoms with Gasteiger partial charge in [0.2, 0.25) is 5.91 Å². The van der Waals surface area contributed by atoms with Gasteiger partial charge in [-0.1, -0.05) is 65.3 Å². The largest absolute Gasteiger partial charge is 0.507 e. The molecule has 0 saturated carbocycles. The number of thioether (sulfide) groups is 1. The number of carbonyl (C=O) groups excluding carboxylic acids is 1. The molecule has 4 aromatic rings. The van der Waals surface area contributed by atoms with E-state index >= 15 is 0 Å². The third kappa shape index (κ3) is 4.73. The highest BCUT2D eigenvalue weighted by Gasteiger charge is 2.19. The summed E-state index contributed by atoms with van der Waals surface area (Å²) in [5.74, 6) is 0.517. The van der Waals surface area contributed by atoms with Crippen LogP contribution in [0.3, 0.4) is 0 Å². The Morgan fingerprint density at radius 3 is 2.48 bits per heavy atom. The molecule has 0 saturated heterocycles. The fourth-order valence-electron chi connectivity index (χ4n) is 3.01. The van der Waals surface area contributed by atoms with Gasteiger partial charge in [-0.15, -0.1) is 10.2 Å². The SMILES string of the molecule is Cc1ccc(-n2c(SCC(=O)Nc3ccccc3Cl)nnc2-c2ccccc2O)cc1. The molecule has 6 nitrogen and oxygen atoms in total. The van der Waals surface area contributed by atoms with Crippen LogP contribution < -0.4 is 5.32 Å². The van der Waals surface area contributed by atoms with E-state index in [-0.39, 0.29) is 17.4 Å². The second-order valence-electron chi connectivity index (χ2n) is 6.81. The lowest BCUT2D eigenvalue weighted by Gasteiger charge is -2.12. The second-order valence-corrected chi connectivity index (χ2v) is 8.16. The number of aryl methyl sites for hydroxylation is 1. The van der Waals surface area contributed by atoms with Crippen LogP contribution in [0.15, 0.2) is 78.0 Å². The van der Waals surface area contributed by atoms with Crippen molar-refractivity contribution in [2.45, 2.75) is 12.1 Å². The molecule has 0 radical (unpaired) electrons. The summed E-state index contributed by atoms with van der Waals surface area (Å²) in [5, 5.41) is 22.7. The lowest BCUT2D eigenvalue weighted by Crippen LogP contribution is -2.14. The zero-order valence-electron chi connectivity index (χ0n) is 16.6. The maximum absolute atomic E-state index is 12.5. The maximum atomic E-state index is 12.5. The number of nitrogens with zero attached hydrogens (tertiary/aromatic N) is 3. The van der Waals surface area contributed by atoms with Gasteiger partial charge in [0, 0.05) is 5.69 Å². The molecule has 0 spiro atoms. The molecule has 0 fully saturated rings. The van der Waals surface area contributed by atoms with Crippen LogP contribution in [0.5, 0.6) is 5.75 Å². The number of carbonyl (C=O) groups is 1. The van der Waals surface area contributed by atoms with Crippen LogP contribution in [0.1, 0.15) is 5.56 Å². The lowest BCUT2D eigenvalue weighted by molar-refractivity contribution is -0.113. The average molecular weight is 451 g/mol. The van der Waals surface area contributed by atoms with E-state index in [4.69, 9.17) is 11.6 Å². The molecule has 0 bridgehead atoms. The van der Waals surface area contributed by atoms with Crippen molar-refractivity contribution in [3.05, 3.63) is 83.4 Å². The molecule has 1 aromatic heterocycles. The number of halogens is 1. The standard InChI is InChI=1S/C23H19ClN4O2S/c1-15-10-12-16(13-11-15)28-22(17-6-2-5-9-20(17)29)26-27-23(28)31-14-21(30)25-19-8-4-3-7-18(19)24/h2-13,29H,14H2,1H3,(H,25,30). The molecular formula is C23H19ClN4O2S. The zero-order valence-corrected chi connectivity index (χ0v) is 18.2. The molecule has 8 heteroatoms. The van der Waals surface area contributed by atoms with Gasteiger partial charge in [0.05, 0.1) is 22.0 Å². The van der Waals surface area contributed by atoms with E-state index in [2.05, 4.69) is 15.5 Å². The van der Waals surface area contributed by atoms with Crippen molar-refractivity contribution >= 4 is 35.0 Å². The number of para-hydroxylation sites is 2. The van der Waals surface area contributed by atoms with Gasteiger partial charge >= 0.3 is 0 Å². The first kappa shape index (κ1) is 21.0. The predicted molar refractivity (Wildman–Crippen MR) is 124 cm³/mol. The number of anilines is 1. The monoisotopic (exact) mass is 450 g/mol. The molecule has 0 unspecified atom stereocenters. The van der Waals surface area contributed by atoms with Gasteiger partial charge in [0.1, 0.15) is 5.75 Å². The van der Waals surface area contributed by atoms with Crippen molar-refractivity contribution < 1.29 is 9.90 Å². The van der Waals surface area contributed by atoms with Gasteiger partial charge in [-0.05, 0) is 43.3 Å². The van der Waals surface area contributed by atoms with Crippen LogP contribution in [0.4, 0.5) is 5.69 Å². The van der Waals surface area contributed by atoms with Crippen LogP contribution in [0, 0.1) is 6.92 Å². The Morgan fingerprint density at radius 2 is 1.74 bits per heavy atom. The Balaban J connectivity index is 1.63. The number of aromatic hydroxyl groups is 1. The fraction of sp³-hybridized carbons (Fsp3) is 0.0870. The smallest absolute Gasteiger partial charge is 0.234 e. The van der Waals surface area contributed by atoms with E-state index in [0.717, 1.165) is 11.3 Å². The molecular weight excluding hydrogens is 432 g/mol. The molecule has 0 atom stereocenters. The Morgan fingerprint density at radius 1 is 1.03 bits per heavy atom. The van der Waals surface area contributed by atoms with Crippen molar-refractivity contribution in [1.29, 1.82) is 0 Å². The first-order chi connectivity index (χ1) is 15.0. The number of hydrogen-bond acceptors (Lipinski definition) is 5. The number of aromatic nitrogens is 3. The number of benzene rings is 3. The minimum atomic E-state index is -0.208. The van der Waals surface area contributed by atoms with E-state index < -0.39 is 0 Å². The summed E-state index contributed by atoms with van der Waals surface area (Å²) >= 11 is 7.37. The van der Waals surface area contributed by atoms with Crippen LogP contribution in [0.2, 0.25) is 5.02 Å². The quantitative estimate of drug-likeness (QED) is 0.388. The zero-order chi connectivity index (χ0) is 21.8. The highest BCUT2D eigenvalue weighted by molar-refractivity contribution is 7.99. The topological polar surface area (TPSA) is 80.0 Å². The minimum absolute atomic E-state index is 0.108. The summed E-state index contributed by atoms with van der Waals surface area (Å²) in [5.41, 5.74) is 3.07. The summed E-state index contributed by atoms with van der Waals surface area (Å²) in [6.45, 7) is 2.01.